The average Bonchev–Trinajstić information content (AvgIpc) is 3.15. The zero-order valence-corrected chi connectivity index (χ0v) is 17.8. The summed E-state index contributed by atoms with van der Waals surface area (Å²) in [6.07, 6.45) is 3.47. The Morgan fingerprint density at radius 2 is 1.83 bits per heavy atom. The number of benzene rings is 2. The van der Waals surface area contributed by atoms with E-state index in [0.717, 1.165) is 22.5 Å². The fraction of sp³-hybridized carbons (Fsp3) is 0.227. The number of hydrogen-bond donors (Lipinski definition) is 1. The summed E-state index contributed by atoms with van der Waals surface area (Å²) in [4.78, 5) is 31.3. The lowest BCUT2D eigenvalue weighted by Crippen LogP contribution is -2.36. The molecule has 3 rings (SSSR count). The molecule has 0 atom stereocenters. The lowest BCUT2D eigenvalue weighted by Gasteiger charge is -2.19. The Balaban J connectivity index is 1.78. The van der Waals surface area contributed by atoms with Crippen LogP contribution in [0.15, 0.2) is 59.9 Å². The summed E-state index contributed by atoms with van der Waals surface area (Å²) in [5.41, 5.74) is 4.15. The van der Waals surface area contributed by atoms with Gasteiger partial charge in [-0.25, -0.2) is 4.98 Å². The molecule has 0 aliphatic heterocycles. The minimum Gasteiger partial charge on any atom is -0.331 e. The van der Waals surface area contributed by atoms with Crippen LogP contribution >= 0.6 is 11.8 Å². The maximum absolute atomic E-state index is 13.1. The predicted molar refractivity (Wildman–Crippen MR) is 117 cm³/mol. The molecule has 0 radical (unpaired) electrons. The highest BCUT2D eigenvalue weighted by molar-refractivity contribution is 7.98. The van der Waals surface area contributed by atoms with E-state index in [4.69, 9.17) is 0 Å². The highest BCUT2D eigenvalue weighted by Gasteiger charge is 2.22. The van der Waals surface area contributed by atoms with Crippen LogP contribution in [0.1, 0.15) is 21.6 Å². The average molecular weight is 409 g/mol. The molecular formula is C22H24N4O2S. The molecule has 0 unspecified atom stereocenters. The highest BCUT2D eigenvalue weighted by Crippen LogP contribution is 2.22. The Labute approximate surface area is 174 Å². The standard InChI is InChI=1S/C22H24N4O2S/c1-15-9-8-12-18(16(15)2)24-20(27)14-25(3)21(28)19-13-23-22(29-4)26(19)17-10-6-5-7-11-17/h5-13H,14H2,1-4H3,(H,24,27). The van der Waals surface area contributed by atoms with Crippen LogP contribution < -0.4 is 5.32 Å². The summed E-state index contributed by atoms with van der Waals surface area (Å²) < 4.78 is 1.81. The summed E-state index contributed by atoms with van der Waals surface area (Å²) in [7, 11) is 1.62. The molecule has 1 N–H and O–H groups in total. The number of amides is 2. The third-order valence-corrected chi connectivity index (χ3v) is 5.40. The maximum atomic E-state index is 13.1. The first-order valence-electron chi connectivity index (χ1n) is 9.21. The van der Waals surface area contributed by atoms with Crippen molar-refractivity contribution in [3.63, 3.8) is 0 Å². The zero-order valence-electron chi connectivity index (χ0n) is 17.0. The smallest absolute Gasteiger partial charge is 0.272 e. The number of aromatic nitrogens is 2. The van der Waals surface area contributed by atoms with Crippen molar-refractivity contribution in [3.05, 3.63) is 71.5 Å². The molecule has 7 heteroatoms. The molecule has 0 aliphatic rings. The van der Waals surface area contributed by atoms with Crippen molar-refractivity contribution in [2.24, 2.45) is 0 Å². The second kappa shape index (κ2) is 8.96. The number of hydrogen-bond acceptors (Lipinski definition) is 4. The van der Waals surface area contributed by atoms with Gasteiger partial charge < -0.3 is 10.2 Å². The normalized spacial score (nSPS) is 10.6. The lowest BCUT2D eigenvalue weighted by atomic mass is 10.1. The molecule has 0 saturated heterocycles. The molecule has 6 nitrogen and oxygen atoms in total. The van der Waals surface area contributed by atoms with Gasteiger partial charge >= 0.3 is 0 Å². The number of para-hydroxylation sites is 1. The first-order chi connectivity index (χ1) is 13.9. The summed E-state index contributed by atoms with van der Waals surface area (Å²) in [5.74, 6) is -0.511. The molecule has 150 valence electrons. The van der Waals surface area contributed by atoms with Gasteiger partial charge in [-0.2, -0.15) is 0 Å². The van der Waals surface area contributed by atoms with Crippen LogP contribution in [-0.4, -0.2) is 46.1 Å². The monoisotopic (exact) mass is 408 g/mol. The van der Waals surface area contributed by atoms with Crippen LogP contribution in [-0.2, 0) is 4.79 Å². The summed E-state index contributed by atoms with van der Waals surface area (Å²) in [6.45, 7) is 3.90. The minimum atomic E-state index is -0.266. The van der Waals surface area contributed by atoms with Gasteiger partial charge in [0.2, 0.25) is 5.91 Å². The molecule has 0 bridgehead atoms. The number of rotatable bonds is 6. The SMILES string of the molecule is CSc1ncc(C(=O)N(C)CC(=O)Nc2cccc(C)c2C)n1-c1ccccc1. The molecule has 1 heterocycles. The molecule has 0 fully saturated rings. The zero-order chi connectivity index (χ0) is 21.0. The predicted octanol–water partition coefficient (Wildman–Crippen LogP) is 3.92. The van der Waals surface area contributed by atoms with Crippen molar-refractivity contribution in [1.82, 2.24) is 14.5 Å². The molecule has 2 amide bonds. The van der Waals surface area contributed by atoms with Crippen LogP contribution in [0.5, 0.6) is 0 Å². The number of likely N-dealkylation sites (N-methyl/N-ethyl adjacent to an activating group) is 1. The topological polar surface area (TPSA) is 67.2 Å². The Hall–Kier alpha value is -3.06. The minimum absolute atomic E-state index is 0.0548. The van der Waals surface area contributed by atoms with Gasteiger partial charge in [-0.15, -0.1) is 0 Å². The summed E-state index contributed by atoms with van der Waals surface area (Å²) >= 11 is 1.46. The number of nitrogens with zero attached hydrogens (tertiary/aromatic N) is 3. The Morgan fingerprint density at radius 3 is 2.52 bits per heavy atom. The Kier molecular flexibility index (Phi) is 6.39. The van der Waals surface area contributed by atoms with E-state index in [1.54, 1.807) is 13.2 Å². The van der Waals surface area contributed by atoms with Crippen molar-refractivity contribution in [1.29, 1.82) is 0 Å². The van der Waals surface area contributed by atoms with Crippen LogP contribution in [0.4, 0.5) is 5.69 Å². The van der Waals surface area contributed by atoms with Gasteiger partial charge in [-0.05, 0) is 49.4 Å². The van der Waals surface area contributed by atoms with Gasteiger partial charge in [0.1, 0.15) is 5.69 Å². The number of imidazole rings is 1. The van der Waals surface area contributed by atoms with Gasteiger partial charge in [-0.3, -0.25) is 14.2 Å². The highest BCUT2D eigenvalue weighted by atomic mass is 32.2. The van der Waals surface area contributed by atoms with Crippen molar-refractivity contribution >= 4 is 29.3 Å². The van der Waals surface area contributed by atoms with E-state index in [1.165, 1.54) is 16.7 Å². The molecule has 2 aromatic carbocycles. The Bertz CT molecular complexity index is 1030. The number of nitrogens with one attached hydrogen (secondary N) is 1. The van der Waals surface area contributed by atoms with Crippen molar-refractivity contribution < 1.29 is 9.59 Å². The molecular weight excluding hydrogens is 384 g/mol. The van der Waals surface area contributed by atoms with Crippen LogP contribution in [0, 0.1) is 13.8 Å². The number of anilines is 1. The van der Waals surface area contributed by atoms with E-state index in [0.29, 0.717) is 10.9 Å². The molecule has 0 saturated carbocycles. The van der Waals surface area contributed by atoms with Crippen LogP contribution in [0.3, 0.4) is 0 Å². The lowest BCUT2D eigenvalue weighted by molar-refractivity contribution is -0.116. The van der Waals surface area contributed by atoms with Crippen molar-refractivity contribution in [2.75, 3.05) is 25.2 Å². The fourth-order valence-electron chi connectivity index (χ4n) is 3.02. The summed E-state index contributed by atoms with van der Waals surface area (Å²) in [5, 5.41) is 3.61. The van der Waals surface area contributed by atoms with Gasteiger partial charge in [0, 0.05) is 18.4 Å². The largest absolute Gasteiger partial charge is 0.331 e. The van der Waals surface area contributed by atoms with Gasteiger partial charge in [0.25, 0.3) is 5.91 Å². The van der Waals surface area contributed by atoms with Crippen molar-refractivity contribution in [2.45, 2.75) is 19.0 Å². The van der Waals surface area contributed by atoms with E-state index >= 15 is 0 Å². The van der Waals surface area contributed by atoms with Gasteiger partial charge in [0.15, 0.2) is 5.16 Å². The third-order valence-electron chi connectivity index (χ3n) is 4.75. The molecule has 0 aliphatic carbocycles. The number of aryl methyl sites for hydroxylation is 1. The fourth-order valence-corrected chi connectivity index (χ4v) is 3.56. The van der Waals surface area contributed by atoms with Crippen LogP contribution in [0.2, 0.25) is 0 Å². The second-order valence-corrected chi connectivity index (χ2v) is 7.53. The number of carbonyl (C=O) groups is 2. The first kappa shape index (κ1) is 20.7. The Morgan fingerprint density at radius 1 is 1.10 bits per heavy atom. The quantitative estimate of drug-likeness (QED) is 0.628. The summed E-state index contributed by atoms with van der Waals surface area (Å²) in [6, 6.07) is 15.3. The van der Waals surface area contributed by atoms with E-state index in [-0.39, 0.29) is 18.4 Å². The van der Waals surface area contributed by atoms with Crippen LogP contribution in [0.25, 0.3) is 5.69 Å². The van der Waals surface area contributed by atoms with E-state index in [9.17, 15) is 9.59 Å². The number of thioether (sulfide) groups is 1. The third kappa shape index (κ3) is 4.51. The van der Waals surface area contributed by atoms with Crippen molar-refractivity contribution in [3.8, 4) is 5.69 Å². The van der Waals surface area contributed by atoms with E-state index in [1.807, 2.05) is 73.2 Å². The number of carbonyl (C=O) groups excluding carboxylic acids is 2. The van der Waals surface area contributed by atoms with Gasteiger partial charge in [-0.1, -0.05) is 42.1 Å². The molecule has 3 aromatic rings. The van der Waals surface area contributed by atoms with E-state index in [2.05, 4.69) is 10.3 Å². The molecule has 29 heavy (non-hydrogen) atoms. The molecule has 0 spiro atoms. The first-order valence-corrected chi connectivity index (χ1v) is 10.4. The van der Waals surface area contributed by atoms with E-state index < -0.39 is 0 Å². The second-order valence-electron chi connectivity index (χ2n) is 6.76. The van der Waals surface area contributed by atoms with Gasteiger partial charge in [0.05, 0.1) is 12.7 Å². The molecule has 1 aromatic heterocycles. The maximum Gasteiger partial charge on any atom is 0.272 e.